The second-order valence-electron chi connectivity index (χ2n) is 5.69. The highest BCUT2D eigenvalue weighted by Gasteiger charge is 2.12. The van der Waals surface area contributed by atoms with Crippen LogP contribution >= 0.6 is 15.9 Å². The van der Waals surface area contributed by atoms with Crippen molar-refractivity contribution in [2.24, 2.45) is 0 Å². The van der Waals surface area contributed by atoms with Crippen molar-refractivity contribution in [2.75, 3.05) is 0 Å². The summed E-state index contributed by atoms with van der Waals surface area (Å²) in [4.78, 5) is 20.8. The van der Waals surface area contributed by atoms with Crippen molar-refractivity contribution in [1.29, 1.82) is 0 Å². The summed E-state index contributed by atoms with van der Waals surface area (Å²) < 4.78 is 8.04. The molecule has 0 spiro atoms. The molecule has 7 nitrogen and oxygen atoms in total. The van der Waals surface area contributed by atoms with Crippen LogP contribution < -0.4 is 5.32 Å². The van der Waals surface area contributed by atoms with Gasteiger partial charge in [0.2, 0.25) is 11.7 Å². The van der Waals surface area contributed by atoms with E-state index in [1.807, 2.05) is 59.4 Å². The van der Waals surface area contributed by atoms with E-state index in [4.69, 9.17) is 4.52 Å². The zero-order valence-electron chi connectivity index (χ0n) is 14.0. The molecule has 0 bridgehead atoms. The number of hydrogen-bond donors (Lipinski definition) is 1. The number of pyridine rings is 1. The summed E-state index contributed by atoms with van der Waals surface area (Å²) in [7, 11) is 0. The molecule has 4 rings (SSSR count). The summed E-state index contributed by atoms with van der Waals surface area (Å²) in [5, 5.41) is 6.70. The highest BCUT2D eigenvalue weighted by atomic mass is 79.9. The third-order valence-corrected chi connectivity index (χ3v) is 4.32. The van der Waals surface area contributed by atoms with Gasteiger partial charge in [0.25, 0.3) is 5.91 Å². The molecule has 3 heterocycles. The van der Waals surface area contributed by atoms with Crippen molar-refractivity contribution in [2.45, 2.75) is 6.54 Å². The second-order valence-corrected chi connectivity index (χ2v) is 6.61. The number of nitrogens with one attached hydrogen (secondary N) is 1. The van der Waals surface area contributed by atoms with Crippen LogP contribution in [0.3, 0.4) is 0 Å². The molecule has 0 aliphatic carbocycles. The summed E-state index contributed by atoms with van der Waals surface area (Å²) in [6, 6.07) is 15.0. The van der Waals surface area contributed by atoms with Crippen molar-refractivity contribution in [1.82, 2.24) is 25.0 Å². The lowest BCUT2D eigenvalue weighted by atomic mass is 10.2. The molecule has 0 saturated heterocycles. The standard InChI is InChI=1S/C19H14BrN5O2/c20-14-5-3-4-13(10-14)18-23-17(27-24-18)12-22-19(26)16-11-15(6-7-21-16)25-8-1-2-9-25/h1-11H,12H2,(H,22,26). The van der Waals surface area contributed by atoms with Gasteiger partial charge < -0.3 is 14.4 Å². The van der Waals surface area contributed by atoms with Crippen LogP contribution in [0.2, 0.25) is 0 Å². The van der Waals surface area contributed by atoms with E-state index in [9.17, 15) is 4.79 Å². The SMILES string of the molecule is O=C(NCc1nc(-c2cccc(Br)c2)no1)c1cc(-n2cccc2)ccn1. The monoisotopic (exact) mass is 423 g/mol. The first-order chi connectivity index (χ1) is 13.2. The van der Waals surface area contributed by atoms with E-state index in [1.165, 1.54) is 0 Å². The molecule has 0 radical (unpaired) electrons. The van der Waals surface area contributed by atoms with Crippen LogP contribution in [0.5, 0.6) is 0 Å². The van der Waals surface area contributed by atoms with Gasteiger partial charge in [-0.3, -0.25) is 9.78 Å². The molecule has 0 unspecified atom stereocenters. The number of carbonyl (C=O) groups excluding carboxylic acids is 1. The number of rotatable bonds is 5. The van der Waals surface area contributed by atoms with Gasteiger partial charge in [0.15, 0.2) is 0 Å². The first kappa shape index (κ1) is 17.2. The normalized spacial score (nSPS) is 10.7. The van der Waals surface area contributed by atoms with Gasteiger partial charge in [-0.2, -0.15) is 4.98 Å². The van der Waals surface area contributed by atoms with E-state index in [1.54, 1.807) is 12.3 Å². The average molecular weight is 424 g/mol. The van der Waals surface area contributed by atoms with Crippen LogP contribution in [0, 0.1) is 0 Å². The van der Waals surface area contributed by atoms with E-state index >= 15 is 0 Å². The Morgan fingerprint density at radius 2 is 2.00 bits per heavy atom. The molecule has 8 heteroatoms. The Morgan fingerprint density at radius 3 is 2.81 bits per heavy atom. The van der Waals surface area contributed by atoms with Gasteiger partial charge in [-0.05, 0) is 36.4 Å². The fourth-order valence-corrected chi connectivity index (χ4v) is 2.93. The topological polar surface area (TPSA) is 85.8 Å². The Bertz CT molecular complexity index is 1080. The van der Waals surface area contributed by atoms with Crippen LogP contribution in [0.15, 0.2) is 76.1 Å². The minimum atomic E-state index is -0.314. The van der Waals surface area contributed by atoms with Crippen LogP contribution in [0.25, 0.3) is 17.1 Å². The summed E-state index contributed by atoms with van der Waals surface area (Å²) in [5.41, 5.74) is 2.00. The van der Waals surface area contributed by atoms with Crippen molar-refractivity contribution in [3.8, 4) is 17.1 Å². The first-order valence-electron chi connectivity index (χ1n) is 8.15. The number of hydrogen-bond acceptors (Lipinski definition) is 5. The Hall–Kier alpha value is -3.26. The highest BCUT2D eigenvalue weighted by molar-refractivity contribution is 9.10. The summed E-state index contributed by atoms with van der Waals surface area (Å²) >= 11 is 3.41. The maximum Gasteiger partial charge on any atom is 0.270 e. The van der Waals surface area contributed by atoms with Crippen LogP contribution in [0.4, 0.5) is 0 Å². The molecule has 1 amide bonds. The largest absolute Gasteiger partial charge is 0.342 e. The van der Waals surface area contributed by atoms with Gasteiger partial charge in [0.1, 0.15) is 5.69 Å². The Morgan fingerprint density at radius 1 is 1.15 bits per heavy atom. The molecule has 134 valence electrons. The van der Waals surface area contributed by atoms with E-state index < -0.39 is 0 Å². The lowest BCUT2D eigenvalue weighted by Crippen LogP contribution is -2.24. The summed E-state index contributed by atoms with van der Waals surface area (Å²) in [6.45, 7) is 0.120. The Kier molecular flexibility index (Phi) is 4.80. The van der Waals surface area contributed by atoms with Crippen molar-refractivity contribution in [3.63, 3.8) is 0 Å². The van der Waals surface area contributed by atoms with Gasteiger partial charge in [0, 0.05) is 34.3 Å². The van der Waals surface area contributed by atoms with Gasteiger partial charge in [-0.15, -0.1) is 0 Å². The van der Waals surface area contributed by atoms with Crippen molar-refractivity contribution in [3.05, 3.63) is 83.2 Å². The second kappa shape index (κ2) is 7.55. The molecule has 0 fully saturated rings. The van der Waals surface area contributed by atoms with Crippen molar-refractivity contribution >= 4 is 21.8 Å². The van der Waals surface area contributed by atoms with Crippen molar-refractivity contribution < 1.29 is 9.32 Å². The molecule has 4 aromatic rings. The number of carbonyl (C=O) groups is 1. The van der Waals surface area contributed by atoms with E-state index in [2.05, 4.69) is 36.4 Å². The van der Waals surface area contributed by atoms with Crippen LogP contribution in [-0.2, 0) is 6.54 Å². The number of nitrogens with zero attached hydrogens (tertiary/aromatic N) is 4. The minimum Gasteiger partial charge on any atom is -0.342 e. The van der Waals surface area contributed by atoms with Gasteiger partial charge in [-0.1, -0.05) is 33.2 Å². The first-order valence-corrected chi connectivity index (χ1v) is 8.94. The minimum absolute atomic E-state index is 0.120. The van der Waals surface area contributed by atoms with E-state index in [0.717, 1.165) is 15.7 Å². The number of aromatic nitrogens is 4. The lowest BCUT2D eigenvalue weighted by molar-refractivity contribution is 0.0941. The zero-order valence-corrected chi connectivity index (χ0v) is 15.6. The Labute approximate surface area is 163 Å². The Balaban J connectivity index is 1.43. The van der Waals surface area contributed by atoms with Crippen LogP contribution in [-0.4, -0.2) is 25.6 Å². The molecule has 1 N–H and O–H groups in total. The molecule has 0 aliphatic heterocycles. The van der Waals surface area contributed by atoms with Gasteiger partial charge >= 0.3 is 0 Å². The van der Waals surface area contributed by atoms with E-state index in [0.29, 0.717) is 17.4 Å². The van der Waals surface area contributed by atoms with Gasteiger partial charge in [-0.25, -0.2) is 0 Å². The smallest absolute Gasteiger partial charge is 0.270 e. The third-order valence-electron chi connectivity index (χ3n) is 3.83. The molecule has 0 saturated carbocycles. The lowest BCUT2D eigenvalue weighted by Gasteiger charge is -2.05. The summed E-state index contributed by atoms with van der Waals surface area (Å²) in [5.74, 6) is 0.472. The predicted octanol–water partition coefficient (Wildman–Crippen LogP) is 3.61. The average Bonchev–Trinajstić information content (AvgIpc) is 3.38. The molecular weight excluding hydrogens is 410 g/mol. The number of amides is 1. The molecule has 27 heavy (non-hydrogen) atoms. The third kappa shape index (κ3) is 3.95. The number of halogens is 1. The molecule has 0 atom stereocenters. The maximum atomic E-state index is 12.4. The number of benzene rings is 1. The molecule has 3 aromatic heterocycles. The van der Waals surface area contributed by atoms with Gasteiger partial charge in [0.05, 0.1) is 6.54 Å². The summed E-state index contributed by atoms with van der Waals surface area (Å²) in [6.07, 6.45) is 5.40. The van der Waals surface area contributed by atoms with Crippen LogP contribution in [0.1, 0.15) is 16.4 Å². The highest BCUT2D eigenvalue weighted by Crippen LogP contribution is 2.20. The zero-order chi connectivity index (χ0) is 18.6. The molecule has 0 aliphatic rings. The molecular formula is C19H14BrN5O2. The fourth-order valence-electron chi connectivity index (χ4n) is 2.53. The maximum absolute atomic E-state index is 12.4. The van der Waals surface area contributed by atoms with E-state index in [-0.39, 0.29) is 12.5 Å². The quantitative estimate of drug-likeness (QED) is 0.529. The predicted molar refractivity (Wildman–Crippen MR) is 102 cm³/mol. The fraction of sp³-hybridized carbons (Fsp3) is 0.0526. The molecule has 1 aromatic carbocycles.